The summed E-state index contributed by atoms with van der Waals surface area (Å²) in [4.78, 5) is 25.0. The van der Waals surface area contributed by atoms with E-state index in [1.54, 1.807) is 24.3 Å². The van der Waals surface area contributed by atoms with Crippen LogP contribution in [0.4, 0.5) is 5.00 Å². The Kier molecular flexibility index (Phi) is 6.04. The van der Waals surface area contributed by atoms with Gasteiger partial charge < -0.3 is 10.1 Å². The van der Waals surface area contributed by atoms with Gasteiger partial charge in [0.15, 0.2) is 0 Å². The van der Waals surface area contributed by atoms with E-state index in [2.05, 4.69) is 5.32 Å². The highest BCUT2D eigenvalue weighted by Crippen LogP contribution is 2.33. The largest absolute Gasteiger partial charge is 0.465 e. The summed E-state index contributed by atoms with van der Waals surface area (Å²) >= 11 is 13.2. The molecule has 0 saturated heterocycles. The van der Waals surface area contributed by atoms with E-state index in [9.17, 15) is 9.59 Å². The second-order valence-electron chi connectivity index (χ2n) is 4.97. The second kappa shape index (κ2) is 7.83. The third kappa shape index (κ3) is 4.17. The highest BCUT2D eigenvalue weighted by molar-refractivity contribution is 7.16. The summed E-state index contributed by atoms with van der Waals surface area (Å²) in [5, 5.41) is 4.15. The predicted molar refractivity (Wildman–Crippen MR) is 99.3 cm³/mol. The molecule has 0 aliphatic carbocycles. The van der Waals surface area contributed by atoms with Crippen LogP contribution < -0.4 is 5.32 Å². The summed E-state index contributed by atoms with van der Waals surface area (Å²) in [7, 11) is 1.31. The Morgan fingerprint density at radius 3 is 2.58 bits per heavy atom. The summed E-state index contributed by atoms with van der Waals surface area (Å²) in [5.41, 5.74) is 1.85. The first-order valence-electron chi connectivity index (χ1n) is 6.96. The number of carbonyl (C=O) groups excluding carboxylic acids is 2. The van der Waals surface area contributed by atoms with Crippen molar-refractivity contribution in [2.75, 3.05) is 12.4 Å². The molecule has 0 unspecified atom stereocenters. The van der Waals surface area contributed by atoms with Crippen LogP contribution in [0.15, 0.2) is 24.3 Å². The number of amides is 1. The monoisotopic (exact) mass is 383 g/mol. The van der Waals surface area contributed by atoms with Gasteiger partial charge >= 0.3 is 5.97 Å². The first kappa shape index (κ1) is 18.5. The molecule has 1 N–H and O–H groups in total. The number of benzene rings is 1. The zero-order valence-electron chi connectivity index (χ0n) is 13.3. The summed E-state index contributed by atoms with van der Waals surface area (Å²) < 4.78 is 4.78. The highest BCUT2D eigenvalue weighted by atomic mass is 35.5. The number of rotatable bonds is 4. The number of hydrogen-bond acceptors (Lipinski definition) is 4. The van der Waals surface area contributed by atoms with Crippen LogP contribution in [0.5, 0.6) is 0 Å². The summed E-state index contributed by atoms with van der Waals surface area (Å²) in [5.74, 6) is -0.843. The van der Waals surface area contributed by atoms with Crippen LogP contribution in [-0.2, 0) is 9.53 Å². The standard InChI is InChI=1S/C17H15Cl2NO3S/c1-9-10(2)24-16(15(9)17(22)23-3)20-14(21)7-5-11-4-6-12(18)8-13(11)19/h4-8H,1-3H3,(H,20,21). The molecule has 0 atom stereocenters. The molecule has 7 heteroatoms. The van der Waals surface area contributed by atoms with Gasteiger partial charge in [0.05, 0.1) is 12.7 Å². The molecule has 1 amide bonds. The van der Waals surface area contributed by atoms with Gasteiger partial charge in [0.25, 0.3) is 0 Å². The molecule has 0 saturated carbocycles. The number of hydrogen-bond donors (Lipinski definition) is 1. The van der Waals surface area contributed by atoms with Gasteiger partial charge in [-0.2, -0.15) is 0 Å². The molecule has 1 heterocycles. The molecule has 0 aliphatic rings. The van der Waals surface area contributed by atoms with E-state index in [1.807, 2.05) is 13.8 Å². The van der Waals surface area contributed by atoms with E-state index in [0.29, 0.717) is 26.2 Å². The predicted octanol–water partition coefficient (Wildman–Crippen LogP) is 5.11. The van der Waals surface area contributed by atoms with E-state index in [4.69, 9.17) is 27.9 Å². The average molecular weight is 384 g/mol. The number of ether oxygens (including phenoxy) is 1. The number of halogens is 2. The fourth-order valence-electron chi connectivity index (χ4n) is 2.02. The van der Waals surface area contributed by atoms with Gasteiger partial charge in [-0.25, -0.2) is 4.79 Å². The Bertz CT molecular complexity index is 827. The molecule has 0 bridgehead atoms. The van der Waals surface area contributed by atoms with E-state index >= 15 is 0 Å². The smallest absolute Gasteiger partial charge is 0.341 e. The van der Waals surface area contributed by atoms with Crippen molar-refractivity contribution in [3.05, 3.63) is 55.9 Å². The lowest BCUT2D eigenvalue weighted by atomic mass is 10.1. The van der Waals surface area contributed by atoms with Crippen molar-refractivity contribution in [3.8, 4) is 0 Å². The third-order valence-electron chi connectivity index (χ3n) is 3.39. The molecule has 1 aromatic heterocycles. The van der Waals surface area contributed by atoms with Gasteiger partial charge in [0.1, 0.15) is 5.00 Å². The zero-order chi connectivity index (χ0) is 17.9. The normalized spacial score (nSPS) is 10.9. The maximum Gasteiger partial charge on any atom is 0.341 e. The SMILES string of the molecule is COC(=O)c1c(NC(=O)C=Cc2ccc(Cl)cc2Cl)sc(C)c1C. The highest BCUT2D eigenvalue weighted by Gasteiger charge is 2.20. The quantitative estimate of drug-likeness (QED) is 0.589. The van der Waals surface area contributed by atoms with Crippen molar-refractivity contribution in [1.82, 2.24) is 0 Å². The Morgan fingerprint density at radius 2 is 1.96 bits per heavy atom. The molecule has 24 heavy (non-hydrogen) atoms. The molecule has 0 spiro atoms. The van der Waals surface area contributed by atoms with Crippen molar-refractivity contribution >= 4 is 57.5 Å². The number of carbonyl (C=O) groups is 2. The Hall–Kier alpha value is -1.82. The minimum absolute atomic E-state index is 0.368. The van der Waals surface area contributed by atoms with Crippen LogP contribution >= 0.6 is 34.5 Å². The molecule has 126 valence electrons. The third-order valence-corrected chi connectivity index (χ3v) is 5.07. The van der Waals surface area contributed by atoms with Gasteiger partial charge in [-0.1, -0.05) is 29.3 Å². The molecule has 2 rings (SSSR count). The summed E-state index contributed by atoms with van der Waals surface area (Å²) in [6.45, 7) is 3.70. The molecule has 4 nitrogen and oxygen atoms in total. The zero-order valence-corrected chi connectivity index (χ0v) is 15.6. The van der Waals surface area contributed by atoms with E-state index in [0.717, 1.165) is 10.4 Å². The number of esters is 1. The molecular weight excluding hydrogens is 369 g/mol. The Labute approximate surface area is 154 Å². The van der Waals surface area contributed by atoms with Crippen molar-refractivity contribution < 1.29 is 14.3 Å². The fraction of sp³-hybridized carbons (Fsp3) is 0.176. The number of aryl methyl sites for hydroxylation is 1. The van der Waals surface area contributed by atoms with E-state index in [1.165, 1.54) is 24.5 Å². The second-order valence-corrected chi connectivity index (χ2v) is 7.04. The maximum absolute atomic E-state index is 12.1. The van der Waals surface area contributed by atoms with Gasteiger partial charge in [-0.15, -0.1) is 11.3 Å². The Morgan fingerprint density at radius 1 is 1.25 bits per heavy atom. The van der Waals surface area contributed by atoms with Gasteiger partial charge in [0, 0.05) is 21.0 Å². The van der Waals surface area contributed by atoms with Crippen molar-refractivity contribution in [3.63, 3.8) is 0 Å². The number of anilines is 1. The lowest BCUT2D eigenvalue weighted by Gasteiger charge is -2.04. The lowest BCUT2D eigenvalue weighted by molar-refractivity contribution is -0.111. The fourth-order valence-corrected chi connectivity index (χ4v) is 3.54. The minimum atomic E-state index is -0.475. The van der Waals surface area contributed by atoms with Crippen LogP contribution in [0.2, 0.25) is 10.0 Å². The van der Waals surface area contributed by atoms with Crippen LogP contribution in [0.3, 0.4) is 0 Å². The van der Waals surface area contributed by atoms with Crippen LogP contribution in [0.25, 0.3) is 6.08 Å². The molecule has 0 radical (unpaired) electrons. The van der Waals surface area contributed by atoms with Crippen molar-refractivity contribution in [1.29, 1.82) is 0 Å². The topological polar surface area (TPSA) is 55.4 Å². The average Bonchev–Trinajstić information content (AvgIpc) is 2.80. The minimum Gasteiger partial charge on any atom is -0.465 e. The van der Waals surface area contributed by atoms with Crippen molar-refractivity contribution in [2.24, 2.45) is 0 Å². The van der Waals surface area contributed by atoms with Crippen LogP contribution in [-0.4, -0.2) is 19.0 Å². The number of thiophene rings is 1. The number of nitrogens with one attached hydrogen (secondary N) is 1. The van der Waals surface area contributed by atoms with Crippen molar-refractivity contribution in [2.45, 2.75) is 13.8 Å². The first-order valence-corrected chi connectivity index (χ1v) is 8.53. The van der Waals surface area contributed by atoms with Gasteiger partial charge in [-0.3, -0.25) is 4.79 Å². The Balaban J connectivity index is 2.20. The first-order chi connectivity index (χ1) is 11.3. The molecular formula is C17H15Cl2NO3S. The number of methoxy groups -OCH3 is 1. The van der Waals surface area contributed by atoms with E-state index in [-0.39, 0.29) is 5.91 Å². The van der Waals surface area contributed by atoms with Crippen LogP contribution in [0, 0.1) is 13.8 Å². The lowest BCUT2D eigenvalue weighted by Crippen LogP contribution is -2.11. The molecule has 2 aromatic rings. The summed E-state index contributed by atoms with van der Waals surface area (Å²) in [6.07, 6.45) is 2.93. The molecule has 0 aliphatic heterocycles. The van der Waals surface area contributed by atoms with Gasteiger partial charge in [-0.05, 0) is 43.2 Å². The molecule has 0 fully saturated rings. The maximum atomic E-state index is 12.1. The summed E-state index contributed by atoms with van der Waals surface area (Å²) in [6, 6.07) is 5.00. The van der Waals surface area contributed by atoms with E-state index < -0.39 is 5.97 Å². The molecule has 1 aromatic carbocycles. The van der Waals surface area contributed by atoms with Crippen LogP contribution in [0.1, 0.15) is 26.4 Å². The van der Waals surface area contributed by atoms with Gasteiger partial charge in [0.2, 0.25) is 5.91 Å².